The van der Waals surface area contributed by atoms with E-state index in [1.165, 1.54) is 12.1 Å². The highest BCUT2D eigenvalue weighted by molar-refractivity contribution is 6.40. The Morgan fingerprint density at radius 2 is 1.80 bits per heavy atom. The lowest BCUT2D eigenvalue weighted by Crippen LogP contribution is -2.16. The number of nitrogens with two attached hydrogens (primary N) is 1. The summed E-state index contributed by atoms with van der Waals surface area (Å²) in [5, 5.41) is 3.25. The molecule has 0 aliphatic heterocycles. The smallest absolute Gasteiger partial charge is 0.226 e. The summed E-state index contributed by atoms with van der Waals surface area (Å²) in [6.07, 6.45) is 0.211. The Labute approximate surface area is 128 Å². The SMILES string of the molecule is CCOCCOCCC(=O)Nc1c(Cl)cc(N)cc1Cl. The maximum atomic E-state index is 11.7. The third kappa shape index (κ3) is 5.96. The third-order valence-electron chi connectivity index (χ3n) is 2.38. The molecule has 0 radical (unpaired) electrons. The Bertz CT molecular complexity index is 432. The zero-order valence-corrected chi connectivity index (χ0v) is 12.8. The number of nitrogen functional groups attached to an aromatic ring is 1. The molecule has 1 amide bonds. The lowest BCUT2D eigenvalue weighted by Gasteiger charge is -2.10. The van der Waals surface area contributed by atoms with Gasteiger partial charge in [0.05, 0.1) is 42.0 Å². The fourth-order valence-corrected chi connectivity index (χ4v) is 2.04. The van der Waals surface area contributed by atoms with E-state index >= 15 is 0 Å². The molecule has 0 fully saturated rings. The Kier molecular flexibility index (Phi) is 7.69. The van der Waals surface area contributed by atoms with E-state index in [-0.39, 0.29) is 12.3 Å². The first-order valence-electron chi connectivity index (χ1n) is 6.24. The van der Waals surface area contributed by atoms with Crippen LogP contribution in [-0.2, 0) is 14.3 Å². The van der Waals surface area contributed by atoms with Gasteiger partial charge in [-0.1, -0.05) is 23.2 Å². The second-order valence-electron chi connectivity index (χ2n) is 3.97. The van der Waals surface area contributed by atoms with E-state index in [4.69, 9.17) is 38.4 Å². The van der Waals surface area contributed by atoms with Crippen LogP contribution in [0.15, 0.2) is 12.1 Å². The van der Waals surface area contributed by atoms with Gasteiger partial charge in [0.15, 0.2) is 0 Å². The van der Waals surface area contributed by atoms with Gasteiger partial charge in [0.25, 0.3) is 0 Å². The number of hydrogen-bond donors (Lipinski definition) is 2. The number of nitrogens with one attached hydrogen (secondary N) is 1. The molecule has 0 heterocycles. The summed E-state index contributed by atoms with van der Waals surface area (Å²) in [5.74, 6) is -0.227. The van der Waals surface area contributed by atoms with Crippen molar-refractivity contribution in [2.24, 2.45) is 0 Å². The summed E-state index contributed by atoms with van der Waals surface area (Å²) in [4.78, 5) is 11.7. The first-order chi connectivity index (χ1) is 9.54. The molecule has 5 nitrogen and oxygen atoms in total. The van der Waals surface area contributed by atoms with Crippen LogP contribution < -0.4 is 11.1 Å². The summed E-state index contributed by atoms with van der Waals surface area (Å²) in [5.41, 5.74) is 6.39. The molecule has 112 valence electrons. The molecule has 3 N–H and O–H groups in total. The molecular weight excluding hydrogens is 303 g/mol. The van der Waals surface area contributed by atoms with Gasteiger partial charge in [-0.2, -0.15) is 0 Å². The number of rotatable bonds is 8. The van der Waals surface area contributed by atoms with Crippen LogP contribution in [0.4, 0.5) is 11.4 Å². The van der Waals surface area contributed by atoms with Gasteiger partial charge in [-0.3, -0.25) is 4.79 Å². The Hall–Kier alpha value is -1.01. The van der Waals surface area contributed by atoms with E-state index in [1.54, 1.807) is 0 Å². The predicted octanol–water partition coefficient (Wildman–Crippen LogP) is 2.96. The summed E-state index contributed by atoms with van der Waals surface area (Å²) in [6, 6.07) is 3.06. The van der Waals surface area contributed by atoms with Gasteiger partial charge in [0.2, 0.25) is 5.91 Å². The number of halogens is 2. The van der Waals surface area contributed by atoms with Gasteiger partial charge in [-0.05, 0) is 19.1 Å². The van der Waals surface area contributed by atoms with Crippen molar-refractivity contribution in [3.63, 3.8) is 0 Å². The Morgan fingerprint density at radius 1 is 1.20 bits per heavy atom. The van der Waals surface area contributed by atoms with E-state index in [1.807, 2.05) is 6.92 Å². The van der Waals surface area contributed by atoms with Gasteiger partial charge >= 0.3 is 0 Å². The van der Waals surface area contributed by atoms with E-state index < -0.39 is 0 Å². The topological polar surface area (TPSA) is 73.6 Å². The fourth-order valence-electron chi connectivity index (χ4n) is 1.44. The summed E-state index contributed by atoms with van der Waals surface area (Å²) in [6.45, 7) is 3.85. The third-order valence-corrected chi connectivity index (χ3v) is 2.97. The van der Waals surface area contributed by atoms with Crippen molar-refractivity contribution < 1.29 is 14.3 Å². The first-order valence-corrected chi connectivity index (χ1v) is 7.00. The van der Waals surface area contributed by atoms with E-state index in [0.717, 1.165) is 0 Å². The minimum Gasteiger partial charge on any atom is -0.399 e. The average Bonchev–Trinajstić information content (AvgIpc) is 2.38. The number of amides is 1. The van der Waals surface area contributed by atoms with Gasteiger partial charge < -0.3 is 20.5 Å². The van der Waals surface area contributed by atoms with Crippen molar-refractivity contribution in [1.82, 2.24) is 0 Å². The Morgan fingerprint density at radius 3 is 2.40 bits per heavy atom. The minimum atomic E-state index is -0.227. The van der Waals surface area contributed by atoms with Gasteiger partial charge in [-0.25, -0.2) is 0 Å². The van der Waals surface area contributed by atoms with Crippen LogP contribution >= 0.6 is 23.2 Å². The zero-order chi connectivity index (χ0) is 15.0. The van der Waals surface area contributed by atoms with E-state index in [2.05, 4.69) is 5.32 Å². The van der Waals surface area contributed by atoms with Crippen molar-refractivity contribution in [2.75, 3.05) is 37.5 Å². The highest BCUT2D eigenvalue weighted by Gasteiger charge is 2.10. The molecule has 7 heteroatoms. The zero-order valence-electron chi connectivity index (χ0n) is 11.2. The fraction of sp³-hybridized carbons (Fsp3) is 0.462. The Balaban J connectivity index is 2.36. The molecule has 1 rings (SSSR count). The van der Waals surface area contributed by atoms with Crippen molar-refractivity contribution in [3.8, 4) is 0 Å². The maximum Gasteiger partial charge on any atom is 0.226 e. The van der Waals surface area contributed by atoms with Crippen LogP contribution in [0.1, 0.15) is 13.3 Å². The number of carbonyl (C=O) groups is 1. The molecule has 1 aromatic rings. The predicted molar refractivity (Wildman–Crippen MR) is 81.4 cm³/mol. The van der Waals surface area contributed by atoms with Crippen molar-refractivity contribution in [1.29, 1.82) is 0 Å². The van der Waals surface area contributed by atoms with Gasteiger partial charge in [0, 0.05) is 12.3 Å². The normalized spacial score (nSPS) is 10.6. The number of ether oxygens (including phenoxy) is 2. The molecule has 0 aliphatic carbocycles. The molecule has 20 heavy (non-hydrogen) atoms. The maximum absolute atomic E-state index is 11.7. The van der Waals surface area contributed by atoms with Crippen molar-refractivity contribution >= 4 is 40.5 Å². The van der Waals surface area contributed by atoms with Crippen LogP contribution in [0.3, 0.4) is 0 Å². The lowest BCUT2D eigenvalue weighted by atomic mass is 10.2. The standard InChI is InChI=1S/C13H18Cl2N2O3/c1-2-19-5-6-20-4-3-12(18)17-13-10(14)7-9(16)8-11(13)15/h7-8H,2-6,16H2,1H3,(H,17,18). The number of benzene rings is 1. The molecular formula is C13H18Cl2N2O3. The lowest BCUT2D eigenvalue weighted by molar-refractivity contribution is -0.117. The molecule has 0 aliphatic rings. The minimum absolute atomic E-state index is 0.211. The monoisotopic (exact) mass is 320 g/mol. The summed E-state index contributed by atoms with van der Waals surface area (Å²) < 4.78 is 10.4. The van der Waals surface area contributed by atoms with E-state index in [9.17, 15) is 4.79 Å². The molecule has 0 saturated carbocycles. The molecule has 0 unspecified atom stereocenters. The molecule has 0 atom stereocenters. The van der Waals surface area contributed by atoms with Crippen molar-refractivity contribution in [3.05, 3.63) is 22.2 Å². The second-order valence-corrected chi connectivity index (χ2v) is 4.78. The second kappa shape index (κ2) is 9.02. The van der Waals surface area contributed by atoms with Crippen LogP contribution in [0.5, 0.6) is 0 Å². The molecule has 0 bridgehead atoms. The summed E-state index contributed by atoms with van der Waals surface area (Å²) in [7, 11) is 0. The van der Waals surface area contributed by atoms with Gasteiger partial charge in [0.1, 0.15) is 0 Å². The van der Waals surface area contributed by atoms with Crippen molar-refractivity contribution in [2.45, 2.75) is 13.3 Å². The van der Waals surface area contributed by atoms with Crippen LogP contribution in [0, 0.1) is 0 Å². The number of hydrogen-bond acceptors (Lipinski definition) is 4. The molecule has 0 aromatic heterocycles. The van der Waals surface area contributed by atoms with Gasteiger partial charge in [-0.15, -0.1) is 0 Å². The molecule has 1 aromatic carbocycles. The highest BCUT2D eigenvalue weighted by Crippen LogP contribution is 2.32. The largest absolute Gasteiger partial charge is 0.399 e. The van der Waals surface area contributed by atoms with Crippen LogP contribution in [0.2, 0.25) is 10.0 Å². The highest BCUT2D eigenvalue weighted by atomic mass is 35.5. The number of carbonyl (C=O) groups excluding carboxylic acids is 1. The van der Waals surface area contributed by atoms with E-state index in [0.29, 0.717) is 47.8 Å². The molecule has 0 saturated heterocycles. The summed E-state index contributed by atoms with van der Waals surface area (Å²) >= 11 is 11.9. The molecule has 0 spiro atoms. The quantitative estimate of drug-likeness (QED) is 0.570. The first kappa shape index (κ1) is 17.0. The van der Waals surface area contributed by atoms with Crippen LogP contribution in [0.25, 0.3) is 0 Å². The average molecular weight is 321 g/mol. The number of anilines is 2. The van der Waals surface area contributed by atoms with Crippen LogP contribution in [-0.4, -0.2) is 32.3 Å².